The second-order valence-electron chi connectivity index (χ2n) is 3.95. The van der Waals surface area contributed by atoms with Gasteiger partial charge in [0.25, 0.3) is 0 Å². The minimum atomic E-state index is 0.174. The molecule has 2 unspecified atom stereocenters. The van der Waals surface area contributed by atoms with E-state index in [1.54, 1.807) is 0 Å². The third kappa shape index (κ3) is 5.97. The SMILES string of the molecule is CCC(C)C(C)NC(=O)CCCNC. The van der Waals surface area contributed by atoms with Crippen molar-refractivity contribution in [2.24, 2.45) is 5.92 Å². The predicted molar refractivity (Wildman–Crippen MR) is 60.2 cm³/mol. The summed E-state index contributed by atoms with van der Waals surface area (Å²) in [5.74, 6) is 0.733. The van der Waals surface area contributed by atoms with Crippen LogP contribution in [0.2, 0.25) is 0 Å². The number of carbonyl (C=O) groups excluding carboxylic acids is 1. The average Bonchev–Trinajstić information content (AvgIpc) is 2.16. The van der Waals surface area contributed by atoms with Gasteiger partial charge >= 0.3 is 0 Å². The van der Waals surface area contributed by atoms with Crippen LogP contribution in [0.1, 0.15) is 40.0 Å². The Bertz CT molecular complexity index is 159. The van der Waals surface area contributed by atoms with E-state index in [9.17, 15) is 4.79 Å². The summed E-state index contributed by atoms with van der Waals surface area (Å²) in [6, 6.07) is 0.294. The summed E-state index contributed by atoms with van der Waals surface area (Å²) >= 11 is 0. The fourth-order valence-electron chi connectivity index (χ4n) is 1.25. The fraction of sp³-hybridized carbons (Fsp3) is 0.909. The highest BCUT2D eigenvalue weighted by molar-refractivity contribution is 5.76. The molecule has 14 heavy (non-hydrogen) atoms. The van der Waals surface area contributed by atoms with Crippen LogP contribution in [-0.2, 0) is 4.79 Å². The monoisotopic (exact) mass is 200 g/mol. The van der Waals surface area contributed by atoms with Crippen LogP contribution in [0.4, 0.5) is 0 Å². The highest BCUT2D eigenvalue weighted by Gasteiger charge is 2.12. The van der Waals surface area contributed by atoms with Gasteiger partial charge in [0, 0.05) is 12.5 Å². The summed E-state index contributed by atoms with van der Waals surface area (Å²) in [5.41, 5.74) is 0. The van der Waals surface area contributed by atoms with Crippen molar-refractivity contribution in [1.82, 2.24) is 10.6 Å². The molecule has 0 aromatic carbocycles. The van der Waals surface area contributed by atoms with Crippen LogP contribution in [0.3, 0.4) is 0 Å². The first-order valence-electron chi connectivity index (χ1n) is 5.55. The number of nitrogens with one attached hydrogen (secondary N) is 2. The van der Waals surface area contributed by atoms with Gasteiger partial charge in [-0.1, -0.05) is 20.3 Å². The zero-order chi connectivity index (χ0) is 11.0. The standard InChI is InChI=1S/C11H24N2O/c1-5-9(2)10(3)13-11(14)7-6-8-12-4/h9-10,12H,5-8H2,1-4H3,(H,13,14). The van der Waals surface area contributed by atoms with E-state index in [1.807, 2.05) is 7.05 Å². The molecule has 3 nitrogen and oxygen atoms in total. The van der Waals surface area contributed by atoms with Crippen molar-refractivity contribution >= 4 is 5.91 Å². The third-order valence-electron chi connectivity index (χ3n) is 2.72. The lowest BCUT2D eigenvalue weighted by Crippen LogP contribution is -2.37. The van der Waals surface area contributed by atoms with E-state index in [0.29, 0.717) is 18.4 Å². The topological polar surface area (TPSA) is 41.1 Å². The molecular formula is C11H24N2O. The largest absolute Gasteiger partial charge is 0.353 e. The lowest BCUT2D eigenvalue weighted by atomic mass is 10.0. The second kappa shape index (κ2) is 7.80. The van der Waals surface area contributed by atoms with Gasteiger partial charge in [-0.2, -0.15) is 0 Å². The number of hydrogen-bond acceptors (Lipinski definition) is 2. The average molecular weight is 200 g/mol. The molecule has 2 atom stereocenters. The molecule has 0 aromatic heterocycles. The van der Waals surface area contributed by atoms with Gasteiger partial charge in [0.15, 0.2) is 0 Å². The molecule has 0 saturated heterocycles. The summed E-state index contributed by atoms with van der Waals surface area (Å²) in [7, 11) is 1.90. The Balaban J connectivity index is 3.60. The van der Waals surface area contributed by atoms with Gasteiger partial charge in [0.1, 0.15) is 0 Å². The lowest BCUT2D eigenvalue weighted by molar-refractivity contribution is -0.122. The summed E-state index contributed by atoms with van der Waals surface area (Å²) < 4.78 is 0. The van der Waals surface area contributed by atoms with Crippen molar-refractivity contribution < 1.29 is 4.79 Å². The fourth-order valence-corrected chi connectivity index (χ4v) is 1.25. The quantitative estimate of drug-likeness (QED) is 0.612. The van der Waals surface area contributed by atoms with Crippen LogP contribution >= 0.6 is 0 Å². The zero-order valence-electron chi connectivity index (χ0n) is 9.89. The molecule has 0 aliphatic carbocycles. The van der Waals surface area contributed by atoms with Crippen LogP contribution < -0.4 is 10.6 Å². The van der Waals surface area contributed by atoms with Gasteiger partial charge in [-0.3, -0.25) is 4.79 Å². The van der Waals surface area contributed by atoms with E-state index in [4.69, 9.17) is 0 Å². The molecule has 0 radical (unpaired) electrons. The Morgan fingerprint density at radius 3 is 2.50 bits per heavy atom. The van der Waals surface area contributed by atoms with Crippen molar-refractivity contribution in [2.45, 2.75) is 46.1 Å². The first-order chi connectivity index (χ1) is 6.61. The predicted octanol–water partition coefficient (Wildman–Crippen LogP) is 1.54. The summed E-state index contributed by atoms with van der Waals surface area (Å²) in [6.07, 6.45) is 2.65. The zero-order valence-corrected chi connectivity index (χ0v) is 9.89. The Morgan fingerprint density at radius 2 is 2.00 bits per heavy atom. The van der Waals surface area contributed by atoms with E-state index in [1.165, 1.54) is 0 Å². The van der Waals surface area contributed by atoms with E-state index in [-0.39, 0.29) is 5.91 Å². The van der Waals surface area contributed by atoms with E-state index < -0.39 is 0 Å². The molecule has 0 fully saturated rings. The molecule has 0 aliphatic heterocycles. The van der Waals surface area contributed by atoms with Crippen LogP contribution in [0.25, 0.3) is 0 Å². The molecule has 0 spiro atoms. The number of amides is 1. The summed E-state index contributed by atoms with van der Waals surface area (Å²) in [6.45, 7) is 7.29. The Labute approximate surface area is 87.6 Å². The molecule has 0 bridgehead atoms. The number of hydrogen-bond donors (Lipinski definition) is 2. The van der Waals surface area contributed by atoms with Crippen LogP contribution in [0, 0.1) is 5.92 Å². The highest BCUT2D eigenvalue weighted by Crippen LogP contribution is 2.06. The van der Waals surface area contributed by atoms with Crippen LogP contribution in [0.5, 0.6) is 0 Å². The van der Waals surface area contributed by atoms with Gasteiger partial charge in [0.2, 0.25) is 5.91 Å². The number of rotatable bonds is 7. The van der Waals surface area contributed by atoms with Gasteiger partial charge in [-0.15, -0.1) is 0 Å². The maximum Gasteiger partial charge on any atom is 0.220 e. The van der Waals surface area contributed by atoms with Gasteiger partial charge in [-0.25, -0.2) is 0 Å². The minimum Gasteiger partial charge on any atom is -0.353 e. The molecule has 0 rings (SSSR count). The van der Waals surface area contributed by atoms with Crippen LogP contribution in [0.15, 0.2) is 0 Å². The van der Waals surface area contributed by atoms with Crippen molar-refractivity contribution in [3.8, 4) is 0 Å². The molecule has 1 amide bonds. The normalized spacial score (nSPS) is 14.9. The number of carbonyl (C=O) groups is 1. The molecule has 0 saturated carbocycles. The molecule has 2 N–H and O–H groups in total. The molecule has 3 heteroatoms. The van der Waals surface area contributed by atoms with Crippen LogP contribution in [-0.4, -0.2) is 25.5 Å². The molecule has 0 heterocycles. The van der Waals surface area contributed by atoms with E-state index >= 15 is 0 Å². The summed E-state index contributed by atoms with van der Waals surface area (Å²) in [4.78, 5) is 11.4. The smallest absolute Gasteiger partial charge is 0.220 e. The van der Waals surface area contributed by atoms with E-state index in [2.05, 4.69) is 31.4 Å². The minimum absolute atomic E-state index is 0.174. The Hall–Kier alpha value is -0.570. The highest BCUT2D eigenvalue weighted by atomic mass is 16.1. The first kappa shape index (κ1) is 13.4. The summed E-state index contributed by atoms with van der Waals surface area (Å²) in [5, 5.41) is 6.05. The van der Waals surface area contributed by atoms with Gasteiger partial charge < -0.3 is 10.6 Å². The molecule has 0 aliphatic rings. The third-order valence-corrected chi connectivity index (χ3v) is 2.72. The molecular weight excluding hydrogens is 176 g/mol. The van der Waals surface area contributed by atoms with Crippen molar-refractivity contribution in [2.75, 3.05) is 13.6 Å². The second-order valence-corrected chi connectivity index (χ2v) is 3.95. The first-order valence-corrected chi connectivity index (χ1v) is 5.55. The van der Waals surface area contributed by atoms with Crippen molar-refractivity contribution in [1.29, 1.82) is 0 Å². The Morgan fingerprint density at radius 1 is 1.36 bits per heavy atom. The van der Waals surface area contributed by atoms with Crippen molar-refractivity contribution in [3.63, 3.8) is 0 Å². The molecule has 84 valence electrons. The van der Waals surface area contributed by atoms with Crippen molar-refractivity contribution in [3.05, 3.63) is 0 Å². The maximum atomic E-state index is 11.4. The lowest BCUT2D eigenvalue weighted by Gasteiger charge is -2.19. The maximum absolute atomic E-state index is 11.4. The van der Waals surface area contributed by atoms with Gasteiger partial charge in [-0.05, 0) is 32.9 Å². The van der Waals surface area contributed by atoms with E-state index in [0.717, 1.165) is 19.4 Å². The van der Waals surface area contributed by atoms with Gasteiger partial charge in [0.05, 0.1) is 0 Å². The Kier molecular flexibility index (Phi) is 7.48. The molecule has 0 aromatic rings.